The third-order valence-corrected chi connectivity index (χ3v) is 3.66. The van der Waals surface area contributed by atoms with Gasteiger partial charge in [-0.05, 0) is 55.1 Å². The van der Waals surface area contributed by atoms with Crippen molar-refractivity contribution >= 4 is 15.9 Å². The van der Waals surface area contributed by atoms with Crippen LogP contribution in [0.2, 0.25) is 0 Å². The fraction of sp³-hybridized carbons (Fsp3) is 0.538. The maximum Gasteiger partial charge on any atom is 0.122 e. The van der Waals surface area contributed by atoms with E-state index in [2.05, 4.69) is 34.2 Å². The zero-order chi connectivity index (χ0) is 11.5. The molecule has 0 amide bonds. The van der Waals surface area contributed by atoms with Crippen LogP contribution in [-0.4, -0.2) is 20.2 Å². The van der Waals surface area contributed by atoms with Gasteiger partial charge in [-0.15, -0.1) is 0 Å². The summed E-state index contributed by atoms with van der Waals surface area (Å²) in [5.74, 6) is 2.47. The quantitative estimate of drug-likeness (QED) is 0.896. The summed E-state index contributed by atoms with van der Waals surface area (Å²) >= 11 is 3.52. The zero-order valence-electron chi connectivity index (χ0n) is 9.79. The number of nitrogens with one attached hydrogen (secondary N) is 1. The van der Waals surface area contributed by atoms with Gasteiger partial charge < -0.3 is 10.1 Å². The number of hydrogen-bond acceptors (Lipinski definition) is 2. The molecule has 16 heavy (non-hydrogen) atoms. The fourth-order valence-electron chi connectivity index (χ4n) is 2.18. The van der Waals surface area contributed by atoms with E-state index in [4.69, 9.17) is 4.74 Å². The maximum absolute atomic E-state index is 5.41. The molecule has 1 aliphatic carbocycles. The molecule has 0 bridgehead atoms. The Morgan fingerprint density at radius 3 is 3.00 bits per heavy atom. The molecule has 1 saturated carbocycles. The lowest BCUT2D eigenvalue weighted by molar-refractivity contribution is 0.409. The fourth-order valence-corrected chi connectivity index (χ4v) is 2.56. The van der Waals surface area contributed by atoms with Crippen LogP contribution in [-0.2, 0) is 0 Å². The standard InChI is InChI=1S/C13H18BrNO/c1-3-15-8-9-6-11(9)12-7-10(14)4-5-13(12)16-2/h4-5,7,9,11,15H,3,6,8H2,1-2H3. The summed E-state index contributed by atoms with van der Waals surface area (Å²) in [5, 5.41) is 3.41. The molecule has 3 heteroatoms. The molecule has 2 nitrogen and oxygen atoms in total. The second-order valence-corrected chi connectivity index (χ2v) is 5.21. The van der Waals surface area contributed by atoms with Crippen LogP contribution in [0, 0.1) is 5.92 Å². The van der Waals surface area contributed by atoms with Crippen LogP contribution in [0.4, 0.5) is 0 Å². The Balaban J connectivity index is 2.07. The Labute approximate surface area is 106 Å². The predicted octanol–water partition coefficient (Wildman–Crippen LogP) is 3.17. The molecule has 0 aliphatic heterocycles. The number of hydrogen-bond donors (Lipinski definition) is 1. The van der Waals surface area contributed by atoms with E-state index in [-0.39, 0.29) is 0 Å². The van der Waals surface area contributed by atoms with E-state index in [1.165, 1.54) is 12.0 Å². The molecule has 2 atom stereocenters. The molecule has 0 radical (unpaired) electrons. The van der Waals surface area contributed by atoms with Crippen LogP contribution in [0.1, 0.15) is 24.8 Å². The van der Waals surface area contributed by atoms with E-state index in [1.54, 1.807) is 7.11 Å². The van der Waals surface area contributed by atoms with Gasteiger partial charge in [-0.25, -0.2) is 0 Å². The second-order valence-electron chi connectivity index (χ2n) is 4.30. The van der Waals surface area contributed by atoms with Crippen molar-refractivity contribution in [1.82, 2.24) is 5.32 Å². The minimum Gasteiger partial charge on any atom is -0.496 e. The van der Waals surface area contributed by atoms with Crippen LogP contribution in [0.5, 0.6) is 5.75 Å². The van der Waals surface area contributed by atoms with E-state index < -0.39 is 0 Å². The van der Waals surface area contributed by atoms with Crippen molar-refractivity contribution in [3.63, 3.8) is 0 Å². The van der Waals surface area contributed by atoms with Crippen molar-refractivity contribution in [2.24, 2.45) is 5.92 Å². The van der Waals surface area contributed by atoms with Crippen molar-refractivity contribution in [2.45, 2.75) is 19.3 Å². The first-order valence-electron chi connectivity index (χ1n) is 5.80. The lowest BCUT2D eigenvalue weighted by Crippen LogP contribution is -2.16. The van der Waals surface area contributed by atoms with Crippen LogP contribution in [0.25, 0.3) is 0 Å². The van der Waals surface area contributed by atoms with Gasteiger partial charge in [0.1, 0.15) is 5.75 Å². The highest BCUT2D eigenvalue weighted by atomic mass is 79.9. The minimum atomic E-state index is 0.673. The second kappa shape index (κ2) is 5.19. The van der Waals surface area contributed by atoms with Gasteiger partial charge in [0.15, 0.2) is 0 Å². The lowest BCUT2D eigenvalue weighted by atomic mass is 10.1. The van der Waals surface area contributed by atoms with Gasteiger partial charge in [-0.1, -0.05) is 22.9 Å². The van der Waals surface area contributed by atoms with E-state index >= 15 is 0 Å². The van der Waals surface area contributed by atoms with Crippen molar-refractivity contribution < 1.29 is 4.74 Å². The Hall–Kier alpha value is -0.540. The molecule has 88 valence electrons. The molecule has 2 rings (SSSR count). The molecular weight excluding hydrogens is 266 g/mol. The van der Waals surface area contributed by atoms with E-state index in [0.29, 0.717) is 5.92 Å². The topological polar surface area (TPSA) is 21.3 Å². The average molecular weight is 284 g/mol. The summed E-state index contributed by atoms with van der Waals surface area (Å²) in [4.78, 5) is 0. The highest BCUT2D eigenvalue weighted by molar-refractivity contribution is 9.10. The summed E-state index contributed by atoms with van der Waals surface area (Å²) in [7, 11) is 1.74. The van der Waals surface area contributed by atoms with E-state index in [0.717, 1.165) is 29.2 Å². The van der Waals surface area contributed by atoms with Crippen LogP contribution < -0.4 is 10.1 Å². The normalized spacial score (nSPS) is 23.2. The van der Waals surface area contributed by atoms with Crippen molar-refractivity contribution in [2.75, 3.05) is 20.2 Å². The number of methoxy groups -OCH3 is 1. The minimum absolute atomic E-state index is 0.673. The van der Waals surface area contributed by atoms with E-state index in [9.17, 15) is 0 Å². The van der Waals surface area contributed by atoms with Crippen LogP contribution >= 0.6 is 15.9 Å². The first-order valence-corrected chi connectivity index (χ1v) is 6.59. The van der Waals surface area contributed by atoms with E-state index in [1.807, 2.05) is 12.1 Å². The van der Waals surface area contributed by atoms with Gasteiger partial charge >= 0.3 is 0 Å². The third kappa shape index (κ3) is 2.58. The summed E-state index contributed by atoms with van der Waals surface area (Å²) in [6.07, 6.45) is 1.28. The highest BCUT2D eigenvalue weighted by Crippen LogP contribution is 2.50. The first-order chi connectivity index (χ1) is 7.76. The van der Waals surface area contributed by atoms with Crippen molar-refractivity contribution in [1.29, 1.82) is 0 Å². The van der Waals surface area contributed by atoms with Gasteiger partial charge in [0.05, 0.1) is 7.11 Å². The molecule has 1 aliphatic rings. The SMILES string of the molecule is CCNCC1CC1c1cc(Br)ccc1OC. The van der Waals surface area contributed by atoms with Gasteiger partial charge in [0.2, 0.25) is 0 Å². The number of rotatable bonds is 5. The molecule has 1 N–H and O–H groups in total. The first kappa shape index (κ1) is 11.9. The molecule has 1 fully saturated rings. The highest BCUT2D eigenvalue weighted by Gasteiger charge is 2.39. The molecule has 0 spiro atoms. The number of ether oxygens (including phenoxy) is 1. The summed E-state index contributed by atoms with van der Waals surface area (Å²) in [6, 6.07) is 6.27. The molecule has 0 heterocycles. The van der Waals surface area contributed by atoms with Gasteiger partial charge in [-0.2, -0.15) is 0 Å². The molecule has 0 aromatic heterocycles. The van der Waals surface area contributed by atoms with Gasteiger partial charge in [-0.3, -0.25) is 0 Å². The predicted molar refractivity (Wildman–Crippen MR) is 70.1 cm³/mol. The monoisotopic (exact) mass is 283 g/mol. The van der Waals surface area contributed by atoms with Gasteiger partial charge in [0.25, 0.3) is 0 Å². The Kier molecular flexibility index (Phi) is 3.87. The van der Waals surface area contributed by atoms with Crippen LogP contribution in [0.15, 0.2) is 22.7 Å². The summed E-state index contributed by atoms with van der Waals surface area (Å²) in [5.41, 5.74) is 1.35. The molecule has 2 unspecified atom stereocenters. The molecule has 1 aromatic carbocycles. The number of halogens is 1. The Bertz CT molecular complexity index is 367. The summed E-state index contributed by atoms with van der Waals surface area (Å²) in [6.45, 7) is 4.33. The maximum atomic E-state index is 5.41. The molecule has 0 saturated heterocycles. The lowest BCUT2D eigenvalue weighted by Gasteiger charge is -2.08. The molecular formula is C13H18BrNO. The molecule has 1 aromatic rings. The average Bonchev–Trinajstić information content (AvgIpc) is 3.05. The Morgan fingerprint density at radius 2 is 2.31 bits per heavy atom. The largest absolute Gasteiger partial charge is 0.496 e. The van der Waals surface area contributed by atoms with Crippen molar-refractivity contribution in [3.05, 3.63) is 28.2 Å². The van der Waals surface area contributed by atoms with Gasteiger partial charge in [0, 0.05) is 4.47 Å². The Morgan fingerprint density at radius 1 is 1.50 bits per heavy atom. The third-order valence-electron chi connectivity index (χ3n) is 3.17. The van der Waals surface area contributed by atoms with Crippen LogP contribution in [0.3, 0.4) is 0 Å². The van der Waals surface area contributed by atoms with Crippen molar-refractivity contribution in [3.8, 4) is 5.75 Å². The zero-order valence-corrected chi connectivity index (χ0v) is 11.4. The number of benzene rings is 1. The summed E-state index contributed by atoms with van der Waals surface area (Å²) < 4.78 is 6.55. The smallest absolute Gasteiger partial charge is 0.122 e.